The van der Waals surface area contributed by atoms with Crippen LogP contribution in [0.2, 0.25) is 0 Å². The predicted molar refractivity (Wildman–Crippen MR) is 78.1 cm³/mol. The molecule has 0 bridgehead atoms. The molecular formula is C12H24BrNO3S. The van der Waals surface area contributed by atoms with Gasteiger partial charge in [-0.05, 0) is 20.3 Å². The number of halogens is 1. The van der Waals surface area contributed by atoms with Gasteiger partial charge in [0.2, 0.25) is 0 Å². The Bertz CT molecular complexity index is 356. The number of alkyl halides is 1. The smallest absolute Gasteiger partial charge is 0.151 e. The summed E-state index contributed by atoms with van der Waals surface area (Å²) >= 11 is 3.44. The largest absolute Gasteiger partial charge is 0.369 e. The number of hydrogen-bond donors (Lipinski definition) is 0. The van der Waals surface area contributed by atoms with Crippen molar-refractivity contribution in [1.82, 2.24) is 4.90 Å². The summed E-state index contributed by atoms with van der Waals surface area (Å²) in [5.74, 6) is 0.550. The topological polar surface area (TPSA) is 46.6 Å². The average molecular weight is 342 g/mol. The van der Waals surface area contributed by atoms with Gasteiger partial charge in [0, 0.05) is 30.7 Å². The van der Waals surface area contributed by atoms with Crippen LogP contribution in [-0.4, -0.2) is 61.5 Å². The Morgan fingerprint density at radius 1 is 1.39 bits per heavy atom. The van der Waals surface area contributed by atoms with Crippen molar-refractivity contribution < 1.29 is 13.2 Å². The predicted octanol–water partition coefficient (Wildman–Crippen LogP) is 1.69. The first-order valence-corrected chi connectivity index (χ1v) is 9.39. The molecule has 1 saturated heterocycles. The molecule has 18 heavy (non-hydrogen) atoms. The maximum absolute atomic E-state index is 11.7. The summed E-state index contributed by atoms with van der Waals surface area (Å²) in [5, 5.41) is 0.786. The van der Waals surface area contributed by atoms with Crippen molar-refractivity contribution in [2.45, 2.75) is 38.9 Å². The summed E-state index contributed by atoms with van der Waals surface area (Å²) in [5.41, 5.74) is -0.203. The molecule has 1 fully saturated rings. The summed E-state index contributed by atoms with van der Waals surface area (Å²) < 4.78 is 29.3. The van der Waals surface area contributed by atoms with Crippen molar-refractivity contribution in [3.05, 3.63) is 0 Å². The third kappa shape index (κ3) is 5.55. The summed E-state index contributed by atoms with van der Waals surface area (Å²) in [6.07, 6.45) is 0.837. The third-order valence-corrected chi connectivity index (χ3v) is 5.51. The van der Waals surface area contributed by atoms with Gasteiger partial charge in [0.25, 0.3) is 0 Å². The van der Waals surface area contributed by atoms with E-state index in [0.717, 1.165) is 18.4 Å². The van der Waals surface area contributed by atoms with Crippen LogP contribution in [0.5, 0.6) is 0 Å². The molecule has 1 rings (SSSR count). The Morgan fingerprint density at radius 2 is 2.06 bits per heavy atom. The summed E-state index contributed by atoms with van der Waals surface area (Å²) in [7, 11) is -2.89. The lowest BCUT2D eigenvalue weighted by atomic mass is 10.1. The molecule has 1 aliphatic heterocycles. The molecule has 1 atom stereocenters. The minimum absolute atomic E-state index is 0.141. The van der Waals surface area contributed by atoms with Gasteiger partial charge in [-0.25, -0.2) is 8.42 Å². The highest BCUT2D eigenvalue weighted by atomic mass is 79.9. The molecule has 1 heterocycles. The molecule has 1 aliphatic rings. The van der Waals surface area contributed by atoms with Gasteiger partial charge in [-0.2, -0.15) is 0 Å². The first kappa shape index (κ1) is 16.4. The van der Waals surface area contributed by atoms with Gasteiger partial charge >= 0.3 is 0 Å². The lowest BCUT2D eigenvalue weighted by Gasteiger charge is -2.42. The van der Waals surface area contributed by atoms with Crippen LogP contribution in [0.1, 0.15) is 27.2 Å². The van der Waals surface area contributed by atoms with E-state index in [1.165, 1.54) is 0 Å². The maximum Gasteiger partial charge on any atom is 0.151 e. The minimum atomic E-state index is -2.89. The van der Waals surface area contributed by atoms with Crippen molar-refractivity contribution >= 4 is 25.8 Å². The van der Waals surface area contributed by atoms with Crippen LogP contribution >= 0.6 is 15.9 Å². The molecule has 1 unspecified atom stereocenters. The summed E-state index contributed by atoms with van der Waals surface area (Å²) in [4.78, 5) is 2.20. The number of sulfone groups is 1. The zero-order chi connectivity index (χ0) is 13.8. The van der Waals surface area contributed by atoms with Crippen LogP contribution in [-0.2, 0) is 14.6 Å². The summed E-state index contributed by atoms with van der Waals surface area (Å²) in [6, 6.07) is 0. The fraction of sp³-hybridized carbons (Fsp3) is 1.00. The van der Waals surface area contributed by atoms with Crippen molar-refractivity contribution in [3.63, 3.8) is 0 Å². The van der Waals surface area contributed by atoms with Gasteiger partial charge in [-0.1, -0.05) is 22.9 Å². The zero-order valence-corrected chi connectivity index (χ0v) is 13.9. The van der Waals surface area contributed by atoms with Crippen LogP contribution < -0.4 is 0 Å². The van der Waals surface area contributed by atoms with Crippen molar-refractivity contribution in [2.24, 2.45) is 0 Å². The second-order valence-electron chi connectivity index (χ2n) is 5.54. The number of rotatable bonds is 6. The second-order valence-corrected chi connectivity index (χ2v) is 8.49. The highest BCUT2D eigenvalue weighted by molar-refractivity contribution is 9.09. The first-order valence-electron chi connectivity index (χ1n) is 6.44. The van der Waals surface area contributed by atoms with Gasteiger partial charge in [-0.15, -0.1) is 0 Å². The van der Waals surface area contributed by atoms with Gasteiger partial charge in [0.05, 0.1) is 17.5 Å². The number of nitrogens with zero attached hydrogens (tertiary/aromatic N) is 1. The van der Waals surface area contributed by atoms with Gasteiger partial charge in [0.15, 0.2) is 9.84 Å². The van der Waals surface area contributed by atoms with Crippen molar-refractivity contribution in [1.29, 1.82) is 0 Å². The van der Waals surface area contributed by atoms with Gasteiger partial charge in [0.1, 0.15) is 0 Å². The monoisotopic (exact) mass is 341 g/mol. The van der Waals surface area contributed by atoms with Crippen LogP contribution in [0.15, 0.2) is 0 Å². The number of morpholine rings is 1. The Labute approximate surface area is 119 Å². The average Bonchev–Trinajstić information content (AvgIpc) is 2.24. The van der Waals surface area contributed by atoms with E-state index >= 15 is 0 Å². The Hall–Kier alpha value is 0.350. The molecule has 6 heteroatoms. The molecule has 4 nitrogen and oxygen atoms in total. The molecule has 0 saturated carbocycles. The van der Waals surface area contributed by atoms with Crippen LogP contribution in [0.3, 0.4) is 0 Å². The number of hydrogen-bond acceptors (Lipinski definition) is 4. The second kappa shape index (κ2) is 6.68. The minimum Gasteiger partial charge on any atom is -0.369 e. The lowest BCUT2D eigenvalue weighted by molar-refractivity contribution is -0.125. The van der Waals surface area contributed by atoms with E-state index in [1.54, 1.807) is 0 Å². The molecular weight excluding hydrogens is 318 g/mol. The zero-order valence-electron chi connectivity index (χ0n) is 11.5. The van der Waals surface area contributed by atoms with E-state index in [4.69, 9.17) is 4.74 Å². The Kier molecular flexibility index (Phi) is 6.09. The Balaban J connectivity index is 2.51. The van der Waals surface area contributed by atoms with Crippen LogP contribution in [0.4, 0.5) is 0 Å². The molecule has 0 spiro atoms. The molecule has 0 aliphatic carbocycles. The van der Waals surface area contributed by atoms with Crippen molar-refractivity contribution in [3.8, 4) is 0 Å². The fourth-order valence-electron chi connectivity index (χ4n) is 2.35. The van der Waals surface area contributed by atoms with Crippen LogP contribution in [0.25, 0.3) is 0 Å². The molecule has 0 aromatic heterocycles. The molecule has 0 aromatic rings. The van der Waals surface area contributed by atoms with E-state index in [2.05, 4.69) is 34.7 Å². The number of ether oxygens (including phenoxy) is 1. The highest BCUT2D eigenvalue weighted by Crippen LogP contribution is 2.21. The van der Waals surface area contributed by atoms with E-state index in [1.807, 2.05) is 6.92 Å². The van der Waals surface area contributed by atoms with Crippen LogP contribution in [0, 0.1) is 0 Å². The molecule has 0 radical (unpaired) electrons. The summed E-state index contributed by atoms with van der Waals surface area (Å²) in [6.45, 7) is 8.20. The lowest BCUT2D eigenvalue weighted by Crippen LogP contribution is -2.54. The molecule has 0 aromatic carbocycles. The fourth-order valence-corrected chi connectivity index (χ4v) is 4.05. The standard InChI is InChI=1S/C12H24BrNO3S/c1-4-6-18(15,16)7-5-14-9-11(8-13)17-12(2,3)10-14/h11H,4-10H2,1-3H3. The van der Waals surface area contributed by atoms with Gasteiger partial charge < -0.3 is 4.74 Å². The third-order valence-electron chi connectivity index (χ3n) is 2.96. The molecule has 0 amide bonds. The maximum atomic E-state index is 11.7. The van der Waals surface area contributed by atoms with E-state index < -0.39 is 9.84 Å². The first-order chi connectivity index (χ1) is 8.28. The SMILES string of the molecule is CCCS(=O)(=O)CCN1CC(CBr)OC(C)(C)C1. The Morgan fingerprint density at radius 3 is 2.61 bits per heavy atom. The van der Waals surface area contributed by atoms with Crippen molar-refractivity contribution in [2.75, 3.05) is 36.5 Å². The van der Waals surface area contributed by atoms with E-state index in [0.29, 0.717) is 18.7 Å². The molecule has 0 N–H and O–H groups in total. The quantitative estimate of drug-likeness (QED) is 0.689. The van der Waals surface area contributed by atoms with E-state index in [-0.39, 0.29) is 17.5 Å². The normalized spacial score (nSPS) is 25.2. The van der Waals surface area contributed by atoms with Gasteiger partial charge in [-0.3, -0.25) is 4.90 Å². The highest BCUT2D eigenvalue weighted by Gasteiger charge is 2.33. The molecule has 108 valence electrons. The van der Waals surface area contributed by atoms with E-state index in [9.17, 15) is 8.42 Å².